The van der Waals surface area contributed by atoms with Crippen molar-refractivity contribution in [3.63, 3.8) is 0 Å². The summed E-state index contributed by atoms with van der Waals surface area (Å²) in [6.45, 7) is 1.94. The van der Waals surface area contributed by atoms with Gasteiger partial charge in [0.05, 0.1) is 16.7 Å². The maximum Gasteiger partial charge on any atom is 0.154 e. The summed E-state index contributed by atoms with van der Waals surface area (Å²) in [5, 5.41) is 4.01. The zero-order valence-corrected chi connectivity index (χ0v) is 10.3. The van der Waals surface area contributed by atoms with Gasteiger partial charge in [0.25, 0.3) is 0 Å². The summed E-state index contributed by atoms with van der Waals surface area (Å²) in [6.07, 6.45) is 0. The molecule has 5 nitrogen and oxygen atoms in total. The number of benzene rings is 1. The molecule has 0 aliphatic carbocycles. The van der Waals surface area contributed by atoms with E-state index < -0.39 is 0 Å². The minimum atomic E-state index is 0.742. The lowest BCUT2D eigenvalue weighted by Gasteiger charge is -1.99. The van der Waals surface area contributed by atoms with Gasteiger partial charge < -0.3 is 10.3 Å². The number of nitrogens with zero attached hydrogens (tertiary/aromatic N) is 4. The molecule has 0 spiro atoms. The first-order valence-corrected chi connectivity index (χ1v) is 5.95. The summed E-state index contributed by atoms with van der Waals surface area (Å²) in [7, 11) is 1.98. The predicted molar refractivity (Wildman–Crippen MR) is 68.8 cm³/mol. The highest BCUT2D eigenvalue weighted by atomic mass is 32.1. The number of hydrogen-bond donors (Lipinski definition) is 1. The van der Waals surface area contributed by atoms with Gasteiger partial charge in [-0.1, -0.05) is 4.49 Å². The number of fused-ring (bicyclic) bond motifs is 1. The van der Waals surface area contributed by atoms with Crippen LogP contribution >= 0.6 is 11.5 Å². The van der Waals surface area contributed by atoms with Crippen LogP contribution < -0.4 is 5.73 Å². The quantitative estimate of drug-likeness (QED) is 0.665. The lowest BCUT2D eigenvalue weighted by Crippen LogP contribution is -1.92. The second kappa shape index (κ2) is 3.53. The summed E-state index contributed by atoms with van der Waals surface area (Å²) >= 11 is 1.36. The zero-order chi connectivity index (χ0) is 12.0. The Balaban J connectivity index is 2.32. The van der Waals surface area contributed by atoms with Gasteiger partial charge in [0.1, 0.15) is 4.88 Å². The normalized spacial score (nSPS) is 11.2. The molecule has 2 aromatic heterocycles. The Morgan fingerprint density at radius 3 is 2.88 bits per heavy atom. The van der Waals surface area contributed by atoms with Crippen LogP contribution in [0, 0.1) is 6.92 Å². The van der Waals surface area contributed by atoms with Crippen LogP contribution in [0.25, 0.3) is 21.7 Å². The number of nitrogen functional groups attached to an aromatic ring is 1. The standard InChI is InChI=1S/C11H11N5S/c1-6-10(17-15-14-6)11-13-8-4-3-7(12)5-9(8)16(11)2/h3-5H,12H2,1-2H3. The topological polar surface area (TPSA) is 69.6 Å². The molecule has 86 valence electrons. The van der Waals surface area contributed by atoms with Gasteiger partial charge in [-0.3, -0.25) is 0 Å². The summed E-state index contributed by atoms with van der Waals surface area (Å²) in [5.41, 5.74) is 9.39. The van der Waals surface area contributed by atoms with Gasteiger partial charge in [-0.25, -0.2) is 4.98 Å². The Kier molecular flexibility index (Phi) is 2.12. The Hall–Kier alpha value is -1.95. The number of rotatable bonds is 1. The highest BCUT2D eigenvalue weighted by molar-refractivity contribution is 7.09. The highest BCUT2D eigenvalue weighted by Gasteiger charge is 2.14. The van der Waals surface area contributed by atoms with Gasteiger partial charge >= 0.3 is 0 Å². The van der Waals surface area contributed by atoms with Gasteiger partial charge in [-0.05, 0) is 36.7 Å². The lowest BCUT2D eigenvalue weighted by atomic mass is 10.3. The maximum absolute atomic E-state index is 5.79. The molecule has 0 amide bonds. The fraction of sp³-hybridized carbons (Fsp3) is 0.182. The smallest absolute Gasteiger partial charge is 0.154 e. The third-order valence-electron chi connectivity index (χ3n) is 2.76. The van der Waals surface area contributed by atoms with Crippen molar-refractivity contribution in [3.8, 4) is 10.7 Å². The molecule has 0 radical (unpaired) electrons. The molecular weight excluding hydrogens is 234 g/mol. The minimum absolute atomic E-state index is 0.742. The van der Waals surface area contributed by atoms with Crippen LogP contribution in [0.3, 0.4) is 0 Å². The molecule has 0 fully saturated rings. The average Bonchev–Trinajstić information content (AvgIpc) is 2.84. The second-order valence-electron chi connectivity index (χ2n) is 3.93. The third-order valence-corrected chi connectivity index (χ3v) is 3.58. The maximum atomic E-state index is 5.79. The number of anilines is 1. The summed E-state index contributed by atoms with van der Waals surface area (Å²) in [4.78, 5) is 5.60. The van der Waals surface area contributed by atoms with E-state index in [1.165, 1.54) is 11.5 Å². The van der Waals surface area contributed by atoms with Crippen molar-refractivity contribution >= 4 is 28.3 Å². The third kappa shape index (κ3) is 1.49. The molecule has 6 heteroatoms. The number of nitrogens with two attached hydrogens (primary N) is 1. The van der Waals surface area contributed by atoms with Crippen LogP contribution in [0.2, 0.25) is 0 Å². The highest BCUT2D eigenvalue weighted by Crippen LogP contribution is 2.28. The molecular formula is C11H11N5S. The molecule has 2 N–H and O–H groups in total. The van der Waals surface area contributed by atoms with Crippen molar-refractivity contribution < 1.29 is 0 Å². The van der Waals surface area contributed by atoms with Crippen molar-refractivity contribution in [1.82, 2.24) is 19.1 Å². The number of aromatic nitrogens is 4. The van der Waals surface area contributed by atoms with Crippen LogP contribution in [0.15, 0.2) is 18.2 Å². The van der Waals surface area contributed by atoms with Crippen molar-refractivity contribution in [2.75, 3.05) is 5.73 Å². The van der Waals surface area contributed by atoms with Crippen molar-refractivity contribution in [2.24, 2.45) is 7.05 Å². The van der Waals surface area contributed by atoms with E-state index in [1.54, 1.807) is 0 Å². The Labute approximate surface area is 102 Å². The van der Waals surface area contributed by atoms with Crippen molar-refractivity contribution in [3.05, 3.63) is 23.9 Å². The molecule has 2 heterocycles. The SMILES string of the molecule is Cc1nnsc1-c1nc2ccc(N)cc2n1C. The van der Waals surface area contributed by atoms with E-state index in [2.05, 4.69) is 14.6 Å². The van der Waals surface area contributed by atoms with Crippen LogP contribution in [0.1, 0.15) is 5.69 Å². The molecule has 0 aliphatic heterocycles. The van der Waals surface area contributed by atoms with E-state index in [1.807, 2.05) is 36.7 Å². The monoisotopic (exact) mass is 245 g/mol. The Morgan fingerprint density at radius 1 is 1.35 bits per heavy atom. The van der Waals surface area contributed by atoms with Crippen LogP contribution in [-0.2, 0) is 7.05 Å². The first-order valence-electron chi connectivity index (χ1n) is 5.18. The Morgan fingerprint density at radius 2 is 2.18 bits per heavy atom. The number of hydrogen-bond acceptors (Lipinski definition) is 5. The first kappa shape index (κ1) is 10.2. The predicted octanol–water partition coefficient (Wildman–Crippen LogP) is 1.98. The molecule has 17 heavy (non-hydrogen) atoms. The van der Waals surface area contributed by atoms with Crippen molar-refractivity contribution in [2.45, 2.75) is 6.92 Å². The molecule has 0 aliphatic rings. The number of imidazole rings is 1. The van der Waals surface area contributed by atoms with E-state index in [9.17, 15) is 0 Å². The van der Waals surface area contributed by atoms with E-state index in [4.69, 9.17) is 5.73 Å². The minimum Gasteiger partial charge on any atom is -0.399 e. The average molecular weight is 245 g/mol. The van der Waals surface area contributed by atoms with Gasteiger partial charge in [0.2, 0.25) is 0 Å². The molecule has 0 saturated carbocycles. The molecule has 1 aromatic carbocycles. The first-order chi connectivity index (χ1) is 8.16. The van der Waals surface area contributed by atoms with E-state index in [0.717, 1.165) is 33.1 Å². The van der Waals surface area contributed by atoms with Gasteiger partial charge in [0.15, 0.2) is 5.82 Å². The zero-order valence-electron chi connectivity index (χ0n) is 9.51. The molecule has 0 bridgehead atoms. The molecule has 0 saturated heterocycles. The lowest BCUT2D eigenvalue weighted by molar-refractivity contribution is 0.958. The largest absolute Gasteiger partial charge is 0.399 e. The number of aryl methyl sites for hydroxylation is 2. The van der Waals surface area contributed by atoms with Gasteiger partial charge in [-0.15, -0.1) is 5.10 Å². The Bertz CT molecular complexity index is 697. The second-order valence-corrected chi connectivity index (χ2v) is 4.68. The van der Waals surface area contributed by atoms with E-state index in [0.29, 0.717) is 0 Å². The summed E-state index contributed by atoms with van der Waals surface area (Å²) in [5.74, 6) is 0.887. The molecule has 3 aromatic rings. The van der Waals surface area contributed by atoms with E-state index >= 15 is 0 Å². The van der Waals surface area contributed by atoms with Crippen LogP contribution in [-0.4, -0.2) is 19.1 Å². The molecule has 0 unspecified atom stereocenters. The van der Waals surface area contributed by atoms with Gasteiger partial charge in [-0.2, -0.15) is 0 Å². The molecule has 3 rings (SSSR count). The van der Waals surface area contributed by atoms with Crippen LogP contribution in [0.4, 0.5) is 5.69 Å². The van der Waals surface area contributed by atoms with E-state index in [-0.39, 0.29) is 0 Å². The summed E-state index contributed by atoms with van der Waals surface area (Å²) in [6, 6.07) is 5.71. The van der Waals surface area contributed by atoms with Crippen molar-refractivity contribution in [1.29, 1.82) is 0 Å². The molecule has 0 atom stereocenters. The summed E-state index contributed by atoms with van der Waals surface area (Å²) < 4.78 is 5.96. The van der Waals surface area contributed by atoms with Gasteiger partial charge in [0, 0.05) is 12.7 Å². The van der Waals surface area contributed by atoms with Crippen LogP contribution in [0.5, 0.6) is 0 Å². The fourth-order valence-corrected chi connectivity index (χ4v) is 2.53. The fourth-order valence-electron chi connectivity index (χ4n) is 1.85.